The van der Waals surface area contributed by atoms with E-state index in [1.54, 1.807) is 0 Å². The van der Waals surface area contributed by atoms with Crippen LogP contribution in [0.15, 0.2) is 23.1 Å². The summed E-state index contributed by atoms with van der Waals surface area (Å²) in [5.41, 5.74) is 0.0842. The number of nitrogens with one attached hydrogen (secondary N) is 1. The standard InChI is InChI=1S/C11H17N3O4S/c1-13(2)7-6-12-10-5-4-9(19(3,17)18)8-11(10)14(15)16/h4-5,8,12H,6-7H2,1-3H3. The first-order valence-electron chi connectivity index (χ1n) is 5.59. The fourth-order valence-electron chi connectivity index (χ4n) is 1.46. The minimum atomic E-state index is -3.45. The zero-order valence-corrected chi connectivity index (χ0v) is 11.9. The Morgan fingerprint density at radius 2 is 2.00 bits per heavy atom. The second-order valence-corrected chi connectivity index (χ2v) is 6.45. The third kappa shape index (κ3) is 4.49. The van der Waals surface area contributed by atoms with Gasteiger partial charge in [-0.2, -0.15) is 0 Å². The number of likely N-dealkylation sites (N-methyl/N-ethyl adjacent to an activating group) is 1. The Morgan fingerprint density at radius 3 is 2.47 bits per heavy atom. The summed E-state index contributed by atoms with van der Waals surface area (Å²) in [4.78, 5) is 12.2. The minimum Gasteiger partial charge on any atom is -0.378 e. The maximum atomic E-state index is 11.4. The molecular weight excluding hydrogens is 270 g/mol. The molecule has 0 saturated heterocycles. The molecule has 0 heterocycles. The van der Waals surface area contributed by atoms with Crippen molar-refractivity contribution in [1.29, 1.82) is 0 Å². The van der Waals surface area contributed by atoms with Gasteiger partial charge in [-0.15, -0.1) is 0 Å². The van der Waals surface area contributed by atoms with E-state index in [9.17, 15) is 18.5 Å². The van der Waals surface area contributed by atoms with Crippen molar-refractivity contribution in [3.05, 3.63) is 28.3 Å². The normalized spacial score (nSPS) is 11.6. The van der Waals surface area contributed by atoms with Crippen LogP contribution >= 0.6 is 0 Å². The second kappa shape index (κ2) is 5.98. The van der Waals surface area contributed by atoms with Gasteiger partial charge in [-0.3, -0.25) is 10.1 Å². The Hall–Kier alpha value is -1.67. The number of anilines is 1. The number of hydrogen-bond donors (Lipinski definition) is 1. The van der Waals surface area contributed by atoms with E-state index in [1.807, 2.05) is 19.0 Å². The summed E-state index contributed by atoms with van der Waals surface area (Å²) in [5.74, 6) is 0. The highest BCUT2D eigenvalue weighted by molar-refractivity contribution is 7.90. The lowest BCUT2D eigenvalue weighted by molar-refractivity contribution is -0.384. The second-order valence-electron chi connectivity index (χ2n) is 4.44. The molecule has 0 amide bonds. The summed E-state index contributed by atoms with van der Waals surface area (Å²) in [6, 6.07) is 3.86. The summed E-state index contributed by atoms with van der Waals surface area (Å²) in [6.45, 7) is 1.25. The smallest absolute Gasteiger partial charge is 0.293 e. The van der Waals surface area contributed by atoms with Crippen molar-refractivity contribution in [3.63, 3.8) is 0 Å². The van der Waals surface area contributed by atoms with E-state index in [0.717, 1.165) is 12.3 Å². The predicted octanol–water partition coefficient (Wildman–Crippen LogP) is 0.972. The molecule has 0 aromatic heterocycles. The van der Waals surface area contributed by atoms with Crippen molar-refractivity contribution in [2.45, 2.75) is 4.90 Å². The Balaban J connectivity index is 3.02. The highest BCUT2D eigenvalue weighted by Crippen LogP contribution is 2.27. The summed E-state index contributed by atoms with van der Waals surface area (Å²) in [6.07, 6.45) is 1.02. The molecule has 1 N–H and O–H groups in total. The fourth-order valence-corrected chi connectivity index (χ4v) is 2.10. The Labute approximate surface area is 112 Å². The molecule has 7 nitrogen and oxygen atoms in total. The van der Waals surface area contributed by atoms with Crippen LogP contribution in [0.4, 0.5) is 11.4 Å². The zero-order valence-electron chi connectivity index (χ0n) is 11.1. The average Bonchev–Trinajstić information content (AvgIpc) is 2.27. The van der Waals surface area contributed by atoms with Gasteiger partial charge in [0.1, 0.15) is 5.69 Å². The van der Waals surface area contributed by atoms with Gasteiger partial charge in [-0.1, -0.05) is 0 Å². The van der Waals surface area contributed by atoms with Crippen LogP contribution in [0.1, 0.15) is 0 Å². The van der Waals surface area contributed by atoms with Gasteiger partial charge in [0.05, 0.1) is 9.82 Å². The van der Waals surface area contributed by atoms with E-state index in [0.29, 0.717) is 18.8 Å². The van der Waals surface area contributed by atoms with Gasteiger partial charge in [0.25, 0.3) is 5.69 Å². The summed E-state index contributed by atoms with van der Waals surface area (Å²) in [7, 11) is 0.333. The van der Waals surface area contributed by atoms with E-state index in [1.165, 1.54) is 12.1 Å². The molecule has 0 saturated carbocycles. The van der Waals surface area contributed by atoms with Gasteiger partial charge in [0.2, 0.25) is 0 Å². The molecule has 19 heavy (non-hydrogen) atoms. The molecule has 0 aliphatic rings. The molecule has 0 spiro atoms. The Bertz CT molecular complexity index is 569. The van der Waals surface area contributed by atoms with Crippen molar-refractivity contribution in [2.75, 3.05) is 38.8 Å². The Morgan fingerprint density at radius 1 is 1.37 bits per heavy atom. The summed E-state index contributed by atoms with van der Waals surface area (Å²) >= 11 is 0. The van der Waals surface area contributed by atoms with Crippen molar-refractivity contribution in [1.82, 2.24) is 4.90 Å². The molecule has 1 aromatic rings. The van der Waals surface area contributed by atoms with Crippen LogP contribution in [0, 0.1) is 10.1 Å². The van der Waals surface area contributed by atoms with Crippen LogP contribution in [-0.2, 0) is 9.84 Å². The number of rotatable bonds is 6. The maximum absolute atomic E-state index is 11.4. The first-order valence-corrected chi connectivity index (χ1v) is 7.48. The first kappa shape index (κ1) is 15.4. The molecule has 106 valence electrons. The molecule has 0 atom stereocenters. The number of nitrogens with zero attached hydrogens (tertiary/aromatic N) is 2. The van der Waals surface area contributed by atoms with Crippen LogP contribution < -0.4 is 5.32 Å². The lowest BCUT2D eigenvalue weighted by atomic mass is 10.2. The summed E-state index contributed by atoms with van der Waals surface area (Å²) < 4.78 is 22.7. The van der Waals surface area contributed by atoms with Gasteiger partial charge in [0.15, 0.2) is 9.84 Å². The largest absolute Gasteiger partial charge is 0.378 e. The van der Waals surface area contributed by atoms with Crippen LogP contribution in [0.25, 0.3) is 0 Å². The number of nitro benzene ring substituents is 1. The number of sulfone groups is 1. The van der Waals surface area contributed by atoms with Crippen LogP contribution in [-0.4, -0.2) is 51.7 Å². The predicted molar refractivity (Wildman–Crippen MR) is 73.2 cm³/mol. The molecule has 8 heteroatoms. The van der Waals surface area contributed by atoms with Crippen molar-refractivity contribution < 1.29 is 13.3 Å². The maximum Gasteiger partial charge on any atom is 0.293 e. The van der Waals surface area contributed by atoms with Gasteiger partial charge >= 0.3 is 0 Å². The van der Waals surface area contributed by atoms with E-state index in [2.05, 4.69) is 5.32 Å². The lowest BCUT2D eigenvalue weighted by Gasteiger charge is -2.11. The Kier molecular flexibility index (Phi) is 4.84. The van der Waals surface area contributed by atoms with Gasteiger partial charge in [-0.05, 0) is 26.2 Å². The third-order valence-corrected chi connectivity index (χ3v) is 3.58. The molecule has 0 aliphatic carbocycles. The van der Waals surface area contributed by atoms with E-state index in [-0.39, 0.29) is 10.6 Å². The van der Waals surface area contributed by atoms with E-state index in [4.69, 9.17) is 0 Å². The molecule has 0 aliphatic heterocycles. The fraction of sp³-hybridized carbons (Fsp3) is 0.455. The van der Waals surface area contributed by atoms with Crippen LogP contribution in [0.5, 0.6) is 0 Å². The average molecular weight is 287 g/mol. The lowest BCUT2D eigenvalue weighted by Crippen LogP contribution is -2.21. The van der Waals surface area contributed by atoms with Gasteiger partial charge in [-0.25, -0.2) is 8.42 Å². The molecule has 1 rings (SSSR count). The molecular formula is C11H17N3O4S. The first-order chi connectivity index (χ1) is 8.71. The monoisotopic (exact) mass is 287 g/mol. The van der Waals surface area contributed by atoms with E-state index >= 15 is 0 Å². The highest BCUT2D eigenvalue weighted by atomic mass is 32.2. The van der Waals surface area contributed by atoms with Crippen LogP contribution in [0.2, 0.25) is 0 Å². The molecule has 0 radical (unpaired) electrons. The number of benzene rings is 1. The molecule has 0 unspecified atom stereocenters. The number of hydrogen-bond acceptors (Lipinski definition) is 6. The molecule has 1 aromatic carbocycles. The zero-order chi connectivity index (χ0) is 14.6. The quantitative estimate of drug-likeness (QED) is 0.619. The summed E-state index contributed by atoms with van der Waals surface area (Å²) in [5, 5.41) is 13.9. The van der Waals surface area contributed by atoms with E-state index < -0.39 is 14.8 Å². The van der Waals surface area contributed by atoms with Crippen molar-refractivity contribution in [3.8, 4) is 0 Å². The SMILES string of the molecule is CN(C)CCNc1ccc(S(C)(=O)=O)cc1[N+](=O)[O-]. The topological polar surface area (TPSA) is 92.6 Å². The number of nitro groups is 1. The molecule has 0 fully saturated rings. The minimum absolute atomic E-state index is 0.0580. The molecule has 0 bridgehead atoms. The highest BCUT2D eigenvalue weighted by Gasteiger charge is 2.18. The van der Waals surface area contributed by atoms with Gasteiger partial charge < -0.3 is 10.2 Å². The van der Waals surface area contributed by atoms with Crippen molar-refractivity contribution in [2.24, 2.45) is 0 Å². The van der Waals surface area contributed by atoms with Gasteiger partial charge in [0, 0.05) is 25.4 Å². The van der Waals surface area contributed by atoms with Crippen LogP contribution in [0.3, 0.4) is 0 Å². The third-order valence-electron chi connectivity index (χ3n) is 2.47. The van der Waals surface area contributed by atoms with Crippen molar-refractivity contribution >= 4 is 21.2 Å².